The normalized spacial score (nSPS) is 11.6. The third-order valence-electron chi connectivity index (χ3n) is 5.33. The van der Waals surface area contributed by atoms with Crippen molar-refractivity contribution < 1.29 is 17.9 Å². The number of rotatable bonds is 7. The van der Waals surface area contributed by atoms with Crippen LogP contribution < -0.4 is 9.46 Å². The molecule has 4 rings (SSSR count). The number of hydrogen-bond acceptors (Lipinski definition) is 4. The zero-order valence-corrected chi connectivity index (χ0v) is 20.8. The van der Waals surface area contributed by atoms with Crippen LogP contribution >= 0.6 is 15.9 Å². The molecule has 4 aromatic carbocycles. The van der Waals surface area contributed by atoms with Gasteiger partial charge in [0.2, 0.25) is 0 Å². The number of carbonyl (C=O) groups is 1. The topological polar surface area (TPSA) is 72.5 Å². The van der Waals surface area contributed by atoms with Gasteiger partial charge in [-0.2, -0.15) is 0 Å². The van der Waals surface area contributed by atoms with Crippen LogP contribution in [0.1, 0.15) is 16.7 Å². The Kier molecular flexibility index (Phi) is 7.14. The summed E-state index contributed by atoms with van der Waals surface area (Å²) in [5, 5.41) is 2.35. The van der Waals surface area contributed by atoms with Gasteiger partial charge >= 0.3 is 0 Å². The molecule has 0 aliphatic rings. The van der Waals surface area contributed by atoms with Gasteiger partial charge in [-0.15, -0.1) is 0 Å². The molecule has 0 unspecified atom stereocenters. The molecular formula is C27H22BrNO4S. The fourth-order valence-corrected chi connectivity index (χ4v) is 5.33. The van der Waals surface area contributed by atoms with Crippen LogP contribution in [0.2, 0.25) is 0 Å². The Hall–Kier alpha value is -3.42. The molecule has 0 saturated heterocycles. The predicted octanol–water partition coefficient (Wildman–Crippen LogP) is 5.72. The molecule has 1 N–H and O–H groups in total. The lowest BCUT2D eigenvalue weighted by Gasteiger charge is -2.10. The highest BCUT2D eigenvalue weighted by Gasteiger charge is 2.21. The van der Waals surface area contributed by atoms with Crippen molar-refractivity contribution in [1.29, 1.82) is 0 Å². The predicted molar refractivity (Wildman–Crippen MR) is 138 cm³/mol. The molecule has 0 aliphatic heterocycles. The van der Waals surface area contributed by atoms with E-state index in [4.69, 9.17) is 4.74 Å². The molecule has 0 aromatic heterocycles. The Balaban J connectivity index is 1.53. The van der Waals surface area contributed by atoms with E-state index in [-0.39, 0.29) is 10.6 Å². The van der Waals surface area contributed by atoms with Crippen molar-refractivity contribution >= 4 is 48.7 Å². The van der Waals surface area contributed by atoms with Gasteiger partial charge in [-0.3, -0.25) is 4.79 Å². The summed E-state index contributed by atoms with van der Waals surface area (Å²) in [7, 11) is -2.74. The summed E-state index contributed by atoms with van der Waals surface area (Å²) < 4.78 is 33.2. The summed E-state index contributed by atoms with van der Waals surface area (Å²) in [5.74, 6) is -0.601. The second kappa shape index (κ2) is 10.2. The summed E-state index contributed by atoms with van der Waals surface area (Å²) in [6.07, 6.45) is 3.53. The quantitative estimate of drug-likeness (QED) is 0.307. The summed E-state index contributed by atoms with van der Waals surface area (Å²) in [6.45, 7) is 0. The molecule has 4 aromatic rings. The van der Waals surface area contributed by atoms with Gasteiger partial charge < -0.3 is 4.74 Å². The van der Waals surface area contributed by atoms with E-state index in [1.165, 1.54) is 36.1 Å². The fourth-order valence-electron chi connectivity index (χ4n) is 3.67. The third-order valence-corrected chi connectivity index (χ3v) is 7.19. The smallest absolute Gasteiger partial charge is 0.268 e. The Morgan fingerprint density at radius 3 is 2.47 bits per heavy atom. The molecule has 0 aliphatic carbocycles. The summed E-state index contributed by atoms with van der Waals surface area (Å²) in [4.78, 5) is 12.4. The van der Waals surface area contributed by atoms with Gasteiger partial charge in [0.1, 0.15) is 10.6 Å². The average Bonchev–Trinajstić information content (AvgIpc) is 2.83. The molecule has 34 heavy (non-hydrogen) atoms. The minimum Gasteiger partial charge on any atom is -0.495 e. The van der Waals surface area contributed by atoms with Crippen molar-refractivity contribution in [3.8, 4) is 5.75 Å². The number of carbonyl (C=O) groups excluding carboxylic acids is 1. The molecule has 5 nitrogen and oxygen atoms in total. The largest absolute Gasteiger partial charge is 0.495 e. The van der Waals surface area contributed by atoms with Crippen LogP contribution in [0.3, 0.4) is 0 Å². The average molecular weight is 536 g/mol. The van der Waals surface area contributed by atoms with Crippen LogP contribution in [0.25, 0.3) is 16.8 Å². The lowest BCUT2D eigenvalue weighted by atomic mass is 9.97. The number of hydrogen-bond donors (Lipinski definition) is 1. The number of amides is 1. The second-order valence-electron chi connectivity index (χ2n) is 7.66. The maximum atomic E-state index is 12.7. The summed E-state index contributed by atoms with van der Waals surface area (Å²) >= 11 is 3.25. The van der Waals surface area contributed by atoms with Gasteiger partial charge in [-0.1, -0.05) is 82.7 Å². The molecule has 172 valence electrons. The minimum absolute atomic E-state index is 0.122. The second-order valence-corrected chi connectivity index (χ2v) is 10.2. The number of ether oxygens (including phenoxy) is 1. The molecule has 1 amide bonds. The molecule has 0 fully saturated rings. The first-order valence-electron chi connectivity index (χ1n) is 10.5. The van der Waals surface area contributed by atoms with Gasteiger partial charge in [-0.05, 0) is 58.2 Å². The van der Waals surface area contributed by atoms with Crippen molar-refractivity contribution in [2.24, 2.45) is 0 Å². The number of fused-ring (bicyclic) bond motifs is 1. The third kappa shape index (κ3) is 5.55. The monoisotopic (exact) mass is 535 g/mol. The van der Waals surface area contributed by atoms with Crippen LogP contribution in [0.15, 0.2) is 100 Å². The summed E-state index contributed by atoms with van der Waals surface area (Å²) in [5.41, 5.74) is 3.01. The zero-order valence-electron chi connectivity index (χ0n) is 18.4. The van der Waals surface area contributed by atoms with Crippen LogP contribution in [0.5, 0.6) is 5.75 Å². The highest BCUT2D eigenvalue weighted by molar-refractivity contribution is 9.10. The molecule has 0 radical (unpaired) electrons. The first-order chi connectivity index (χ1) is 16.4. The van der Waals surface area contributed by atoms with Gasteiger partial charge in [0.15, 0.2) is 0 Å². The lowest BCUT2D eigenvalue weighted by molar-refractivity contribution is -0.114. The summed E-state index contributed by atoms with van der Waals surface area (Å²) in [6, 6.07) is 26.8. The maximum Gasteiger partial charge on any atom is 0.268 e. The first kappa shape index (κ1) is 23.7. The van der Waals surface area contributed by atoms with Gasteiger partial charge in [0, 0.05) is 10.5 Å². The van der Waals surface area contributed by atoms with Crippen LogP contribution in [-0.4, -0.2) is 21.4 Å². The number of benzene rings is 4. The van der Waals surface area contributed by atoms with Crippen LogP contribution in [0.4, 0.5) is 0 Å². The fraction of sp³-hybridized carbons (Fsp3) is 0.0741. The highest BCUT2D eigenvalue weighted by atomic mass is 79.9. The Morgan fingerprint density at radius 2 is 1.68 bits per heavy atom. The van der Waals surface area contributed by atoms with E-state index in [0.717, 1.165) is 16.7 Å². The van der Waals surface area contributed by atoms with Crippen molar-refractivity contribution in [2.75, 3.05) is 7.11 Å². The van der Waals surface area contributed by atoms with Crippen LogP contribution in [0, 0.1) is 0 Å². The van der Waals surface area contributed by atoms with Crippen molar-refractivity contribution in [3.05, 3.63) is 112 Å². The maximum absolute atomic E-state index is 12.7. The van der Waals surface area contributed by atoms with E-state index in [9.17, 15) is 13.2 Å². The van der Waals surface area contributed by atoms with Gasteiger partial charge in [0.25, 0.3) is 15.9 Å². The van der Waals surface area contributed by atoms with Crippen LogP contribution in [-0.2, 0) is 21.2 Å². The van der Waals surface area contributed by atoms with Crippen molar-refractivity contribution in [3.63, 3.8) is 0 Å². The Bertz CT molecular complexity index is 1500. The minimum atomic E-state index is -4.11. The highest BCUT2D eigenvalue weighted by Crippen LogP contribution is 2.27. The Labute approximate surface area is 207 Å². The number of nitrogens with one attached hydrogen (secondary N) is 1. The first-order valence-corrected chi connectivity index (χ1v) is 12.8. The van der Waals surface area contributed by atoms with E-state index in [0.29, 0.717) is 10.9 Å². The van der Waals surface area contributed by atoms with E-state index >= 15 is 0 Å². The SMILES string of the molecule is COc1ccc(Br)cc1S(=O)(=O)NC(=O)C=Cc1ccccc1Cc1ccc2ccccc2c1. The number of sulfonamides is 1. The Morgan fingerprint density at radius 1 is 0.941 bits per heavy atom. The molecule has 0 heterocycles. The molecule has 0 bridgehead atoms. The molecule has 0 atom stereocenters. The van der Waals surface area contributed by atoms with Gasteiger partial charge in [-0.25, -0.2) is 13.1 Å². The van der Waals surface area contributed by atoms with E-state index in [1.54, 1.807) is 12.1 Å². The lowest BCUT2D eigenvalue weighted by Crippen LogP contribution is -2.29. The molecule has 0 saturated carbocycles. The zero-order chi connectivity index (χ0) is 24.1. The molecule has 0 spiro atoms. The van der Waals surface area contributed by atoms with E-state index in [2.05, 4.69) is 51.0 Å². The number of methoxy groups -OCH3 is 1. The molecule has 7 heteroatoms. The van der Waals surface area contributed by atoms with E-state index in [1.807, 2.05) is 36.4 Å². The molecular weight excluding hydrogens is 514 g/mol. The standard InChI is InChI=1S/C27H22BrNO4S/c1-33-25-14-13-24(28)18-26(25)34(31,32)29-27(30)15-12-21-7-3-5-9-23(21)17-19-10-11-20-6-2-4-8-22(20)16-19/h2-16,18H,17H2,1H3,(H,29,30). The number of halogens is 1. The van der Waals surface area contributed by atoms with E-state index < -0.39 is 15.9 Å². The van der Waals surface area contributed by atoms with Crippen molar-refractivity contribution in [1.82, 2.24) is 4.72 Å². The van der Waals surface area contributed by atoms with Crippen molar-refractivity contribution in [2.45, 2.75) is 11.3 Å². The van der Waals surface area contributed by atoms with Gasteiger partial charge in [0.05, 0.1) is 7.11 Å².